The zero-order valence-corrected chi connectivity index (χ0v) is 13.8. The van der Waals surface area contributed by atoms with Gasteiger partial charge in [0.15, 0.2) is 0 Å². The van der Waals surface area contributed by atoms with E-state index < -0.39 is 23.8 Å². The van der Waals surface area contributed by atoms with E-state index in [2.05, 4.69) is 0 Å². The summed E-state index contributed by atoms with van der Waals surface area (Å²) in [6.45, 7) is 1.98. The van der Waals surface area contributed by atoms with Gasteiger partial charge in [-0.15, -0.1) is 0 Å². The van der Waals surface area contributed by atoms with Crippen LogP contribution in [0.4, 0.5) is 13.2 Å². The Labute approximate surface area is 144 Å². The van der Waals surface area contributed by atoms with Crippen LogP contribution in [0.15, 0.2) is 54.6 Å². The molecule has 2 unspecified atom stereocenters. The lowest BCUT2D eigenvalue weighted by atomic mass is 9.92. The summed E-state index contributed by atoms with van der Waals surface area (Å²) in [5, 5.41) is 0. The summed E-state index contributed by atoms with van der Waals surface area (Å²) in [6.07, 6.45) is -3.94. The lowest BCUT2D eigenvalue weighted by molar-refractivity contribution is -0.137. The van der Waals surface area contributed by atoms with Crippen LogP contribution in [0.1, 0.15) is 40.9 Å². The number of benzene rings is 2. The van der Waals surface area contributed by atoms with Crippen molar-refractivity contribution >= 4 is 5.97 Å². The Bertz CT molecular complexity index is 701. The Morgan fingerprint density at radius 2 is 1.80 bits per heavy atom. The van der Waals surface area contributed by atoms with Crippen LogP contribution in [0.5, 0.6) is 0 Å². The molecule has 0 spiro atoms. The van der Waals surface area contributed by atoms with Crippen molar-refractivity contribution in [2.75, 3.05) is 6.61 Å². The first-order valence-corrected chi connectivity index (χ1v) is 7.94. The molecule has 25 heavy (non-hydrogen) atoms. The Morgan fingerprint density at radius 1 is 1.12 bits per heavy atom. The molecule has 6 heteroatoms. The summed E-state index contributed by atoms with van der Waals surface area (Å²) in [4.78, 5) is 11.8. The lowest BCUT2D eigenvalue weighted by Gasteiger charge is -2.21. The van der Waals surface area contributed by atoms with Crippen LogP contribution in [0.3, 0.4) is 0 Å². The Kier molecular flexibility index (Phi) is 6.20. The third-order valence-electron chi connectivity index (χ3n) is 4.03. The van der Waals surface area contributed by atoms with E-state index in [1.165, 1.54) is 6.07 Å². The molecule has 0 aliphatic heterocycles. The van der Waals surface area contributed by atoms with Gasteiger partial charge in [0.25, 0.3) is 0 Å². The summed E-state index contributed by atoms with van der Waals surface area (Å²) in [5.41, 5.74) is 6.22. The highest BCUT2D eigenvalue weighted by Gasteiger charge is 2.31. The molecule has 0 saturated carbocycles. The van der Waals surface area contributed by atoms with Crippen molar-refractivity contribution in [1.82, 2.24) is 0 Å². The number of alkyl halides is 3. The number of ether oxygens (including phenoxy) is 1. The maximum Gasteiger partial charge on any atom is 0.416 e. The second-order valence-electron chi connectivity index (χ2n) is 5.92. The van der Waals surface area contributed by atoms with Crippen LogP contribution in [0.25, 0.3) is 0 Å². The molecule has 134 valence electrons. The second kappa shape index (κ2) is 8.16. The molecular weight excluding hydrogens is 331 g/mol. The molecule has 2 N–H and O–H groups in total. The largest absolute Gasteiger partial charge is 0.462 e. The Morgan fingerprint density at radius 3 is 2.44 bits per heavy atom. The highest BCUT2D eigenvalue weighted by atomic mass is 19.4. The zero-order chi connectivity index (χ0) is 18.4. The van der Waals surface area contributed by atoms with Crippen LogP contribution < -0.4 is 5.73 Å². The van der Waals surface area contributed by atoms with Crippen molar-refractivity contribution in [3.63, 3.8) is 0 Å². The molecule has 2 rings (SSSR count). The standard InChI is InChI=1S/C19H20F3NO2/c1-13(10-11-25-18(24)14-6-3-2-4-7-14)17(23)15-8-5-9-16(12-15)19(20,21)22/h2-9,12-13,17H,10-11,23H2,1H3. The zero-order valence-electron chi connectivity index (χ0n) is 13.8. The minimum atomic E-state index is -4.40. The predicted molar refractivity (Wildman–Crippen MR) is 88.9 cm³/mol. The van der Waals surface area contributed by atoms with Gasteiger partial charge in [0.05, 0.1) is 17.7 Å². The van der Waals surface area contributed by atoms with Crippen molar-refractivity contribution in [3.8, 4) is 0 Å². The van der Waals surface area contributed by atoms with Crippen molar-refractivity contribution in [2.45, 2.75) is 25.6 Å². The van der Waals surface area contributed by atoms with E-state index in [1.54, 1.807) is 36.4 Å². The van der Waals surface area contributed by atoms with Crippen LogP contribution >= 0.6 is 0 Å². The molecule has 2 aromatic carbocycles. The van der Waals surface area contributed by atoms with Gasteiger partial charge >= 0.3 is 12.1 Å². The molecule has 0 bridgehead atoms. The molecule has 0 saturated heterocycles. The number of halogens is 3. The fourth-order valence-corrected chi connectivity index (χ4v) is 2.43. The first kappa shape index (κ1) is 19.0. The van der Waals surface area contributed by atoms with Crippen molar-refractivity contribution < 1.29 is 22.7 Å². The fraction of sp³-hybridized carbons (Fsp3) is 0.316. The molecule has 0 aliphatic carbocycles. The maximum absolute atomic E-state index is 12.8. The summed E-state index contributed by atoms with van der Waals surface area (Å²) in [5.74, 6) is -0.576. The first-order chi connectivity index (χ1) is 11.8. The number of nitrogens with two attached hydrogens (primary N) is 1. The average Bonchev–Trinajstić information content (AvgIpc) is 2.61. The van der Waals surface area contributed by atoms with Crippen LogP contribution in [0, 0.1) is 5.92 Å². The quantitative estimate of drug-likeness (QED) is 0.775. The molecule has 0 aliphatic rings. The number of esters is 1. The molecule has 0 aromatic heterocycles. The van der Waals surface area contributed by atoms with Gasteiger partial charge in [-0.25, -0.2) is 4.79 Å². The SMILES string of the molecule is CC(CCOC(=O)c1ccccc1)C(N)c1cccc(C(F)(F)F)c1. The van der Waals surface area contributed by atoms with Crippen LogP contribution in [-0.2, 0) is 10.9 Å². The summed E-state index contributed by atoms with van der Waals surface area (Å²) < 4.78 is 43.5. The van der Waals surface area contributed by atoms with E-state index in [-0.39, 0.29) is 12.5 Å². The third kappa shape index (κ3) is 5.32. The topological polar surface area (TPSA) is 52.3 Å². The van der Waals surface area contributed by atoms with Crippen molar-refractivity contribution in [3.05, 3.63) is 71.3 Å². The molecule has 0 heterocycles. The second-order valence-corrected chi connectivity index (χ2v) is 5.92. The van der Waals surface area contributed by atoms with Gasteiger partial charge in [0.2, 0.25) is 0 Å². The summed E-state index contributed by atoms with van der Waals surface area (Å²) in [6, 6.07) is 13.0. The maximum atomic E-state index is 12.8. The number of rotatable bonds is 6. The van der Waals surface area contributed by atoms with E-state index in [0.717, 1.165) is 12.1 Å². The molecule has 0 amide bonds. The van der Waals surface area contributed by atoms with Gasteiger partial charge in [-0.05, 0) is 42.2 Å². The smallest absolute Gasteiger partial charge is 0.416 e. The van der Waals surface area contributed by atoms with Crippen LogP contribution in [-0.4, -0.2) is 12.6 Å². The first-order valence-electron chi connectivity index (χ1n) is 7.94. The van der Waals surface area contributed by atoms with E-state index in [1.807, 2.05) is 6.92 Å². The lowest BCUT2D eigenvalue weighted by Crippen LogP contribution is -2.21. The van der Waals surface area contributed by atoms with Gasteiger partial charge in [-0.3, -0.25) is 0 Å². The number of carbonyl (C=O) groups excluding carboxylic acids is 1. The van der Waals surface area contributed by atoms with Gasteiger partial charge in [-0.2, -0.15) is 13.2 Å². The third-order valence-corrected chi connectivity index (χ3v) is 4.03. The molecule has 3 nitrogen and oxygen atoms in total. The van der Waals surface area contributed by atoms with Gasteiger partial charge in [-0.1, -0.05) is 37.3 Å². The molecule has 2 aromatic rings. The molecular formula is C19H20F3NO2. The number of hydrogen-bond acceptors (Lipinski definition) is 3. The van der Waals surface area contributed by atoms with Crippen LogP contribution in [0.2, 0.25) is 0 Å². The highest BCUT2D eigenvalue weighted by molar-refractivity contribution is 5.89. The fourth-order valence-electron chi connectivity index (χ4n) is 2.43. The molecule has 0 radical (unpaired) electrons. The van der Waals surface area contributed by atoms with Gasteiger partial charge in [0, 0.05) is 6.04 Å². The molecule has 0 fully saturated rings. The number of hydrogen-bond donors (Lipinski definition) is 1. The van der Waals surface area contributed by atoms with Gasteiger partial charge < -0.3 is 10.5 Å². The van der Waals surface area contributed by atoms with E-state index in [4.69, 9.17) is 10.5 Å². The molecule has 2 atom stereocenters. The van der Waals surface area contributed by atoms with E-state index in [9.17, 15) is 18.0 Å². The number of carbonyl (C=O) groups is 1. The van der Waals surface area contributed by atoms with E-state index in [0.29, 0.717) is 17.5 Å². The van der Waals surface area contributed by atoms with Crippen molar-refractivity contribution in [2.24, 2.45) is 11.7 Å². The van der Waals surface area contributed by atoms with E-state index >= 15 is 0 Å². The minimum absolute atomic E-state index is 0.146. The average molecular weight is 351 g/mol. The predicted octanol–water partition coefficient (Wildman–Crippen LogP) is 4.59. The Hall–Kier alpha value is -2.34. The summed E-state index contributed by atoms with van der Waals surface area (Å²) in [7, 11) is 0. The summed E-state index contributed by atoms with van der Waals surface area (Å²) >= 11 is 0. The van der Waals surface area contributed by atoms with Gasteiger partial charge in [0.1, 0.15) is 0 Å². The highest BCUT2D eigenvalue weighted by Crippen LogP contribution is 2.32. The Balaban J connectivity index is 1.90. The minimum Gasteiger partial charge on any atom is -0.462 e. The normalized spacial score (nSPS) is 14.0. The monoisotopic (exact) mass is 351 g/mol. The van der Waals surface area contributed by atoms with Crippen molar-refractivity contribution in [1.29, 1.82) is 0 Å².